The minimum Gasteiger partial charge on any atom is -0.463 e. The van der Waals surface area contributed by atoms with E-state index in [4.69, 9.17) is 30.0 Å². The lowest BCUT2D eigenvalue weighted by Gasteiger charge is -2.42. The van der Waals surface area contributed by atoms with Gasteiger partial charge >= 0.3 is 17.9 Å². The zero-order chi connectivity index (χ0) is 19.0. The van der Waals surface area contributed by atoms with Crippen molar-refractivity contribution in [3.05, 3.63) is 20.9 Å². The first-order valence-electron chi connectivity index (χ1n) is 7.01. The molecule has 0 spiro atoms. The van der Waals surface area contributed by atoms with Crippen LogP contribution in [0, 0.1) is 0 Å². The molecule has 1 aliphatic rings. The third-order valence-electron chi connectivity index (χ3n) is 3.04. The van der Waals surface area contributed by atoms with E-state index in [1.807, 2.05) is 0 Å². The van der Waals surface area contributed by atoms with Gasteiger partial charge in [-0.1, -0.05) is 10.2 Å². The van der Waals surface area contributed by atoms with Crippen molar-refractivity contribution in [2.75, 3.05) is 6.61 Å². The highest BCUT2D eigenvalue weighted by molar-refractivity contribution is 5.68. The minimum absolute atomic E-state index is 0.370. The normalized spacial score (nSPS) is 27.9. The molecule has 0 saturated carbocycles. The van der Waals surface area contributed by atoms with Crippen molar-refractivity contribution in [2.24, 2.45) is 10.2 Å². The molecule has 0 aromatic rings. The Balaban J connectivity index is 3.28. The topological polar surface area (TPSA) is 186 Å². The first kappa shape index (κ1) is 20.0. The number of nitrogens with zero attached hydrogens (tertiary/aromatic N) is 6. The summed E-state index contributed by atoms with van der Waals surface area (Å²) in [6, 6.07) is -1.29. The summed E-state index contributed by atoms with van der Waals surface area (Å²) in [6.07, 6.45) is -5.03. The number of ether oxygens (including phenoxy) is 4. The van der Waals surface area contributed by atoms with Gasteiger partial charge in [-0.25, -0.2) is 0 Å². The number of azide groups is 2. The lowest BCUT2D eigenvalue weighted by Crippen LogP contribution is -2.60. The van der Waals surface area contributed by atoms with E-state index < -0.39 is 48.5 Å². The van der Waals surface area contributed by atoms with Crippen molar-refractivity contribution in [2.45, 2.75) is 51.4 Å². The molecule has 0 bridgehead atoms. The lowest BCUT2D eigenvalue weighted by molar-refractivity contribution is -0.219. The van der Waals surface area contributed by atoms with E-state index in [1.165, 1.54) is 0 Å². The molecule has 13 nitrogen and oxygen atoms in total. The molecular formula is C12H16N6O7. The predicted octanol–water partition coefficient (Wildman–Crippen LogP) is 1.13. The molecule has 0 aliphatic carbocycles. The van der Waals surface area contributed by atoms with Crippen LogP contribution in [0.15, 0.2) is 10.2 Å². The molecule has 5 atom stereocenters. The number of rotatable bonds is 6. The second kappa shape index (κ2) is 9.33. The summed E-state index contributed by atoms with van der Waals surface area (Å²) >= 11 is 0. The van der Waals surface area contributed by atoms with Gasteiger partial charge in [0.1, 0.15) is 25.0 Å². The quantitative estimate of drug-likeness (QED) is 0.224. The third kappa shape index (κ3) is 5.84. The maximum absolute atomic E-state index is 11.4. The number of carbonyl (C=O) groups excluding carboxylic acids is 3. The summed E-state index contributed by atoms with van der Waals surface area (Å²) in [4.78, 5) is 39.0. The van der Waals surface area contributed by atoms with Crippen molar-refractivity contribution in [1.82, 2.24) is 0 Å². The molecule has 25 heavy (non-hydrogen) atoms. The van der Waals surface area contributed by atoms with Gasteiger partial charge in [-0.3, -0.25) is 14.4 Å². The minimum atomic E-state index is -1.36. The zero-order valence-electron chi connectivity index (χ0n) is 13.6. The van der Waals surface area contributed by atoms with Crippen molar-refractivity contribution >= 4 is 17.9 Å². The molecule has 0 amide bonds. The third-order valence-corrected chi connectivity index (χ3v) is 3.04. The van der Waals surface area contributed by atoms with Gasteiger partial charge in [0.15, 0.2) is 12.2 Å². The van der Waals surface area contributed by atoms with Crippen LogP contribution in [-0.2, 0) is 33.3 Å². The molecule has 0 radical (unpaired) electrons. The second-order valence-corrected chi connectivity index (χ2v) is 4.92. The van der Waals surface area contributed by atoms with E-state index in [9.17, 15) is 14.4 Å². The van der Waals surface area contributed by atoms with E-state index in [0.29, 0.717) is 0 Å². The number of hydrogen-bond donors (Lipinski definition) is 0. The molecule has 0 aromatic carbocycles. The van der Waals surface area contributed by atoms with Gasteiger partial charge in [-0.2, -0.15) is 0 Å². The second-order valence-electron chi connectivity index (χ2n) is 4.92. The van der Waals surface area contributed by atoms with E-state index in [1.54, 1.807) is 0 Å². The standard InChI is InChI=1S/C12H16N6O7/c1-5(19)22-4-8-10(23-6(2)20)11(24-7(3)21)9(15-17-13)12(25-8)16-18-14/h8-12H,4H2,1-3H3/t8-,9-,10+,11-,12-/m1/s1. The Morgan fingerprint density at radius 2 is 1.52 bits per heavy atom. The Kier molecular flexibility index (Phi) is 7.47. The average molecular weight is 356 g/mol. The van der Waals surface area contributed by atoms with Gasteiger partial charge in [0.05, 0.1) is 0 Å². The van der Waals surface area contributed by atoms with Gasteiger partial charge < -0.3 is 18.9 Å². The Bertz CT molecular complexity index is 627. The Hall–Kier alpha value is -3.01. The molecular weight excluding hydrogens is 340 g/mol. The number of esters is 3. The van der Waals surface area contributed by atoms with Crippen molar-refractivity contribution in [3.63, 3.8) is 0 Å². The largest absolute Gasteiger partial charge is 0.463 e. The first-order valence-corrected chi connectivity index (χ1v) is 7.01. The van der Waals surface area contributed by atoms with E-state index in [0.717, 1.165) is 20.8 Å². The van der Waals surface area contributed by atoms with Crippen LogP contribution in [-0.4, -0.2) is 55.1 Å². The summed E-state index contributed by atoms with van der Waals surface area (Å²) in [7, 11) is 0. The highest BCUT2D eigenvalue weighted by Gasteiger charge is 2.49. The molecule has 13 heteroatoms. The van der Waals surface area contributed by atoms with Crippen LogP contribution in [0.4, 0.5) is 0 Å². The first-order chi connectivity index (χ1) is 11.8. The van der Waals surface area contributed by atoms with Crippen LogP contribution in [0.25, 0.3) is 20.9 Å². The SMILES string of the molecule is CC(=O)OC[C@H]1O[C@@H](N=[N+]=[N-])[C@H](N=[N+]=[N-])[C@@H](OC(C)=O)[C@H]1OC(C)=O. The molecule has 1 heterocycles. The zero-order valence-corrected chi connectivity index (χ0v) is 13.6. The lowest BCUT2D eigenvalue weighted by atomic mass is 9.96. The Morgan fingerprint density at radius 1 is 0.960 bits per heavy atom. The van der Waals surface area contributed by atoms with E-state index in [-0.39, 0.29) is 6.61 Å². The summed E-state index contributed by atoms with van der Waals surface area (Å²) in [5.74, 6) is -2.12. The van der Waals surface area contributed by atoms with Crippen LogP contribution in [0.2, 0.25) is 0 Å². The number of carbonyl (C=O) groups is 3. The number of hydrogen-bond acceptors (Lipinski definition) is 9. The van der Waals surface area contributed by atoms with Crippen LogP contribution in [0.3, 0.4) is 0 Å². The molecule has 0 aromatic heterocycles. The maximum atomic E-state index is 11.4. The van der Waals surface area contributed by atoms with Crippen LogP contribution < -0.4 is 0 Å². The fourth-order valence-corrected chi connectivity index (χ4v) is 2.23. The fraction of sp³-hybridized carbons (Fsp3) is 0.750. The van der Waals surface area contributed by atoms with Gasteiger partial charge in [0.25, 0.3) is 0 Å². The average Bonchev–Trinajstić information content (AvgIpc) is 2.50. The predicted molar refractivity (Wildman–Crippen MR) is 78.5 cm³/mol. The Morgan fingerprint density at radius 3 is 2.00 bits per heavy atom. The van der Waals surface area contributed by atoms with Crippen LogP contribution in [0.1, 0.15) is 20.8 Å². The molecule has 0 unspecified atom stereocenters. The smallest absolute Gasteiger partial charge is 0.303 e. The molecule has 1 rings (SSSR count). The van der Waals surface area contributed by atoms with Crippen LogP contribution >= 0.6 is 0 Å². The summed E-state index contributed by atoms with van der Waals surface area (Å²) in [5, 5.41) is 6.77. The van der Waals surface area contributed by atoms with Gasteiger partial charge in [-0.05, 0) is 11.1 Å². The molecule has 0 N–H and O–H groups in total. The summed E-state index contributed by atoms with van der Waals surface area (Å²) in [5.41, 5.74) is 17.4. The van der Waals surface area contributed by atoms with E-state index in [2.05, 4.69) is 20.1 Å². The maximum Gasteiger partial charge on any atom is 0.303 e. The monoisotopic (exact) mass is 356 g/mol. The van der Waals surface area contributed by atoms with Gasteiger partial charge in [0.2, 0.25) is 0 Å². The van der Waals surface area contributed by atoms with Crippen LogP contribution in [0.5, 0.6) is 0 Å². The van der Waals surface area contributed by atoms with Crippen molar-refractivity contribution < 1.29 is 33.3 Å². The highest BCUT2D eigenvalue weighted by Crippen LogP contribution is 2.29. The van der Waals surface area contributed by atoms with Crippen molar-refractivity contribution in [3.8, 4) is 0 Å². The molecule has 1 aliphatic heterocycles. The molecule has 1 fully saturated rings. The summed E-state index contributed by atoms with van der Waals surface area (Å²) in [6.45, 7) is 2.99. The Labute approximate surface area is 141 Å². The highest BCUT2D eigenvalue weighted by atomic mass is 16.6. The van der Waals surface area contributed by atoms with Crippen molar-refractivity contribution in [1.29, 1.82) is 0 Å². The fourth-order valence-electron chi connectivity index (χ4n) is 2.23. The summed E-state index contributed by atoms with van der Waals surface area (Å²) < 4.78 is 20.5. The van der Waals surface area contributed by atoms with Gasteiger partial charge in [-0.15, -0.1) is 0 Å². The van der Waals surface area contributed by atoms with E-state index >= 15 is 0 Å². The van der Waals surface area contributed by atoms with Gasteiger partial charge in [0, 0.05) is 30.6 Å². The molecule has 136 valence electrons. The molecule has 1 saturated heterocycles.